The molecule has 0 atom stereocenters. The van der Waals surface area contributed by atoms with Gasteiger partial charge in [-0.3, -0.25) is 4.79 Å². The second kappa shape index (κ2) is 31.8. The molecular weight excluding hydrogens is 1620 g/mol. The Labute approximate surface area is 787 Å². The van der Waals surface area contributed by atoms with E-state index in [0.717, 1.165) is 56.4 Å². The Morgan fingerprint density at radius 2 is 0.418 bits per heavy atom. The van der Waals surface area contributed by atoms with E-state index in [9.17, 15) is 4.79 Å². The lowest BCUT2D eigenvalue weighted by atomic mass is 9.61. The van der Waals surface area contributed by atoms with Crippen LogP contribution in [0.4, 0.5) is 34.1 Å². The first-order chi connectivity index (χ1) is 65.6. The number of hydrogen-bond donors (Lipinski definition) is 0. The fourth-order valence-corrected chi connectivity index (χ4v) is 24.6. The van der Waals surface area contributed by atoms with Crippen molar-refractivity contribution in [2.75, 3.05) is 9.80 Å². The van der Waals surface area contributed by atoms with Crippen LogP contribution in [-0.2, 0) is 28.1 Å². The van der Waals surface area contributed by atoms with Crippen LogP contribution in [0, 0.1) is 55.4 Å². The molecule has 0 saturated carbocycles. The Bertz CT molecular complexity index is 7530. The van der Waals surface area contributed by atoms with E-state index in [1.165, 1.54) is 202 Å². The predicted octanol–water partition coefficient (Wildman–Crippen LogP) is 32.5. The van der Waals surface area contributed by atoms with Gasteiger partial charge in [0.2, 0.25) is 0 Å². The Kier molecular flexibility index (Phi) is 19.3. The van der Waals surface area contributed by atoms with E-state index in [2.05, 4.69) is 478 Å². The highest BCUT2D eigenvalue weighted by atomic mass is 16.1. The van der Waals surface area contributed by atoms with Crippen molar-refractivity contribution in [1.82, 2.24) is 0 Å². The summed E-state index contributed by atoms with van der Waals surface area (Å²) in [5, 5.41) is 0. The average molecular weight is 1720 g/mol. The minimum Gasteiger partial charge on any atom is -0.310 e. The monoisotopic (exact) mass is 1720 g/mol. The number of nitrogens with zero attached hydrogens (tertiary/aromatic N) is 2. The number of hydrogen-bond acceptors (Lipinski definition) is 3. The molecule has 19 aromatic rings. The molecule has 27 rings (SSSR count). The first kappa shape index (κ1) is 81.4. The maximum atomic E-state index is 13.4. The van der Waals surface area contributed by atoms with Gasteiger partial charge < -0.3 is 9.80 Å². The minimum atomic E-state index is -0.516. The fourth-order valence-electron chi connectivity index (χ4n) is 24.6. The molecule has 19 aromatic carbocycles. The summed E-state index contributed by atoms with van der Waals surface area (Å²) in [4.78, 5) is 18.2. The van der Waals surface area contributed by atoms with Gasteiger partial charge in [0.1, 0.15) is 0 Å². The summed E-state index contributed by atoms with van der Waals surface area (Å²) < 4.78 is 0. The van der Waals surface area contributed by atoms with Crippen molar-refractivity contribution in [2.24, 2.45) is 0 Å². The maximum absolute atomic E-state index is 13.4. The summed E-state index contributed by atoms with van der Waals surface area (Å²) in [7, 11) is 0. The molecule has 0 aromatic heterocycles. The molecule has 640 valence electrons. The third-order valence-corrected chi connectivity index (χ3v) is 30.2. The topological polar surface area (TPSA) is 23.6 Å². The van der Waals surface area contributed by atoms with E-state index in [4.69, 9.17) is 0 Å². The van der Waals surface area contributed by atoms with Gasteiger partial charge in [0.05, 0.1) is 16.2 Å². The Balaban J connectivity index is 0.000000104. The van der Waals surface area contributed by atoms with Gasteiger partial charge in [0.25, 0.3) is 0 Å². The third-order valence-electron chi connectivity index (χ3n) is 30.2. The molecule has 4 spiro atoms. The SMILES string of the molecule is Cc1ccc2c(c1)C1(CCc3ccccc31)c1cc(C)ccc1-2.Cc1ccc2c(c1)C1(c3cc(C)ccc3-2)c2cc(N(c3ccccc3)c3ccccc3)ccc2-c2ccc(N(c3ccccc3)c3ccccc3)cc21.Cc1ccc2c(c1)C1(c3ccccc3C(=O)c3ccccc31)c1cc(C)ccc1-2.Cc1ccc2c(c1)C1(c3ccccc3C=Cc3ccccc31)c1cc(C)ccc1-2. The normalized spacial score (nSPS) is 14.3. The standard InChI is InChI=1S/C51H38N2.C29H22.C28H20O.C23H20/c1-35-23-27-43-44-28-24-36(2)32-48(44)51(47(43)31-35)49-33-41(52(37-15-7-3-8-16-37)38-17-9-4-10-18-38)25-29-45(49)46-30-26-42(34-50(46)51)53(39-19-11-5-12-20-39)40-21-13-6-14-22-40;1-19-11-15-23-24-16-12-20(2)18-28(24)29(27(23)17-19)25-9-5-3-7-21(25)13-14-22-8-4-6-10-26(22)29;1-17-11-13-19-20-14-12-18(2)16-26(20)28(25(19)15-17)23-9-5-3-7-21(23)27(29)22-8-4-6-10-24(22)28;1-15-7-9-18-19-10-8-16(2)14-22(19)23(21(18)13-15)12-11-17-5-3-4-6-20(17)23/h3-34H,1-2H3;3-18H,1-2H3;3-16H,1-2H3;3-10,13-14H,11-12H2,1-2H3. The van der Waals surface area contributed by atoms with Crippen LogP contribution < -0.4 is 9.80 Å². The zero-order valence-corrected chi connectivity index (χ0v) is 76.8. The van der Waals surface area contributed by atoms with Crippen LogP contribution >= 0.6 is 0 Å². The zero-order chi connectivity index (χ0) is 90.5. The smallest absolute Gasteiger partial charge is 0.193 e. The lowest BCUT2D eigenvalue weighted by Gasteiger charge is -2.39. The summed E-state index contributed by atoms with van der Waals surface area (Å²) in [6.45, 7) is 17.6. The van der Waals surface area contributed by atoms with Gasteiger partial charge in [-0.15, -0.1) is 0 Å². The molecular formula is C131H100N2O. The van der Waals surface area contributed by atoms with Crippen LogP contribution in [-0.4, -0.2) is 5.78 Å². The molecule has 0 saturated heterocycles. The van der Waals surface area contributed by atoms with Gasteiger partial charge in [-0.1, -0.05) is 409 Å². The number of rotatable bonds is 6. The van der Waals surface area contributed by atoms with E-state index < -0.39 is 10.8 Å². The molecule has 3 nitrogen and oxygen atoms in total. The Morgan fingerprint density at radius 1 is 0.187 bits per heavy atom. The number of para-hydroxylation sites is 4. The van der Waals surface area contributed by atoms with Crippen molar-refractivity contribution in [1.29, 1.82) is 0 Å². The van der Waals surface area contributed by atoms with Crippen molar-refractivity contribution in [3.05, 3.63) is 580 Å². The highest BCUT2D eigenvalue weighted by molar-refractivity contribution is 6.15. The maximum Gasteiger partial charge on any atom is 0.193 e. The molecule has 0 heterocycles. The molecule has 0 bridgehead atoms. The summed E-state index contributed by atoms with van der Waals surface area (Å²) in [5.41, 5.74) is 55.2. The van der Waals surface area contributed by atoms with Crippen molar-refractivity contribution in [2.45, 2.75) is 89.9 Å². The first-order valence-electron chi connectivity index (χ1n) is 47.3. The number of anilines is 6. The first-order valence-corrected chi connectivity index (χ1v) is 47.3. The van der Waals surface area contributed by atoms with E-state index >= 15 is 0 Å². The number of benzene rings is 19. The molecule has 0 amide bonds. The molecule has 0 N–H and O–H groups in total. The number of aryl methyl sites for hydroxylation is 9. The van der Waals surface area contributed by atoms with Crippen molar-refractivity contribution < 1.29 is 4.79 Å². The number of ketones is 1. The second-order valence-electron chi connectivity index (χ2n) is 38.1. The molecule has 0 aliphatic heterocycles. The van der Waals surface area contributed by atoms with Crippen molar-refractivity contribution >= 4 is 52.1 Å². The summed E-state index contributed by atoms with van der Waals surface area (Å²) in [6, 6.07) is 156. The minimum absolute atomic E-state index is 0.0687. The van der Waals surface area contributed by atoms with E-state index in [1.807, 2.05) is 24.3 Å². The van der Waals surface area contributed by atoms with Crippen LogP contribution in [0.1, 0.15) is 167 Å². The Hall–Kier alpha value is -15.8. The fraction of sp³-hybridized carbons (Fsp3) is 0.107. The highest BCUT2D eigenvalue weighted by Gasteiger charge is 2.56. The third kappa shape index (κ3) is 12.3. The van der Waals surface area contributed by atoms with Gasteiger partial charge >= 0.3 is 0 Å². The van der Waals surface area contributed by atoms with Gasteiger partial charge in [-0.2, -0.15) is 0 Å². The van der Waals surface area contributed by atoms with E-state index in [0.29, 0.717) is 0 Å². The lowest BCUT2D eigenvalue weighted by molar-refractivity contribution is 0.103. The predicted molar refractivity (Wildman–Crippen MR) is 556 cm³/mol. The zero-order valence-electron chi connectivity index (χ0n) is 76.8. The van der Waals surface area contributed by atoms with Crippen molar-refractivity contribution in [3.63, 3.8) is 0 Å². The molecule has 134 heavy (non-hydrogen) atoms. The molecule has 0 radical (unpaired) electrons. The van der Waals surface area contributed by atoms with Gasteiger partial charge in [0, 0.05) is 50.7 Å². The van der Waals surface area contributed by atoms with Gasteiger partial charge in [-0.25, -0.2) is 0 Å². The Morgan fingerprint density at radius 3 is 0.739 bits per heavy atom. The molecule has 3 heteroatoms. The second-order valence-corrected chi connectivity index (χ2v) is 38.1. The van der Waals surface area contributed by atoms with E-state index in [1.54, 1.807) is 0 Å². The number of carbonyl (C=O) groups excluding carboxylic acids is 1. The van der Waals surface area contributed by atoms with E-state index in [-0.39, 0.29) is 16.6 Å². The largest absolute Gasteiger partial charge is 0.310 e. The molecule has 0 fully saturated rings. The quantitative estimate of drug-likeness (QED) is 0.166. The van der Waals surface area contributed by atoms with Gasteiger partial charge in [0.15, 0.2) is 5.78 Å². The summed E-state index contributed by atoms with van der Waals surface area (Å²) in [5.74, 6) is 0.122. The van der Waals surface area contributed by atoms with Crippen LogP contribution in [0.5, 0.6) is 0 Å². The average Bonchev–Trinajstić information content (AvgIpc) is 1.50. The van der Waals surface area contributed by atoms with Gasteiger partial charge in [-0.05, 0) is 297 Å². The summed E-state index contributed by atoms with van der Waals surface area (Å²) >= 11 is 0. The number of carbonyl (C=O) groups is 1. The molecule has 8 aliphatic carbocycles. The number of fused-ring (bicyclic) bond motifs is 35. The van der Waals surface area contributed by atoms with Crippen LogP contribution in [0.2, 0.25) is 0 Å². The van der Waals surface area contributed by atoms with Crippen LogP contribution in [0.25, 0.3) is 67.8 Å². The van der Waals surface area contributed by atoms with Crippen LogP contribution in [0.15, 0.2) is 425 Å². The van der Waals surface area contributed by atoms with Crippen LogP contribution in [0.3, 0.4) is 0 Å². The van der Waals surface area contributed by atoms with Crippen molar-refractivity contribution in [3.8, 4) is 55.6 Å². The summed E-state index contributed by atoms with van der Waals surface area (Å²) in [6.07, 6.45) is 6.94. The highest BCUT2D eigenvalue weighted by Crippen LogP contribution is 2.67. The molecule has 0 unspecified atom stereocenters. The lowest BCUT2D eigenvalue weighted by Crippen LogP contribution is -2.36. The molecule has 8 aliphatic rings.